The van der Waals surface area contributed by atoms with E-state index in [2.05, 4.69) is 37.5 Å². The van der Waals surface area contributed by atoms with Crippen LogP contribution >= 0.6 is 11.6 Å². The van der Waals surface area contributed by atoms with E-state index in [-0.39, 0.29) is 12.5 Å². The molecule has 1 aromatic carbocycles. The van der Waals surface area contributed by atoms with Crippen molar-refractivity contribution in [2.24, 2.45) is 0 Å². The van der Waals surface area contributed by atoms with Crippen LogP contribution in [0, 0.1) is 6.92 Å². The van der Waals surface area contributed by atoms with E-state index in [0.717, 1.165) is 36.5 Å². The van der Waals surface area contributed by atoms with Crippen LogP contribution in [-0.4, -0.2) is 45.4 Å². The van der Waals surface area contributed by atoms with Gasteiger partial charge in [0.25, 0.3) is 0 Å². The lowest BCUT2D eigenvalue weighted by Gasteiger charge is -2.35. The number of hydrogen-bond acceptors (Lipinski definition) is 5. The molecule has 1 fully saturated rings. The monoisotopic (exact) mass is 377 g/mol. The zero-order chi connectivity index (χ0) is 18.7. The zero-order valence-electron chi connectivity index (χ0n) is 15.0. The van der Waals surface area contributed by atoms with Crippen LogP contribution in [0.1, 0.15) is 43.0 Å². The fourth-order valence-corrected chi connectivity index (χ4v) is 3.41. The van der Waals surface area contributed by atoms with Crippen LogP contribution < -0.4 is 10.2 Å². The van der Waals surface area contributed by atoms with E-state index >= 15 is 0 Å². The number of benzene rings is 1. The summed E-state index contributed by atoms with van der Waals surface area (Å²) in [6.07, 6.45) is 1.89. The van der Waals surface area contributed by atoms with Gasteiger partial charge in [-0.25, -0.2) is 4.98 Å². The molecule has 0 bridgehead atoms. The minimum atomic E-state index is -0.920. The number of piperidine rings is 1. The number of aryl methyl sites for hydroxylation is 1. The second-order valence-electron chi connectivity index (χ2n) is 6.79. The number of nitrogens with one attached hydrogen (secondary N) is 2. The number of H-pyrrole nitrogens is 1. The molecule has 1 aliphatic rings. The highest BCUT2D eigenvalue weighted by molar-refractivity contribution is 6.31. The largest absolute Gasteiger partial charge is 0.481 e. The maximum Gasteiger partial charge on any atom is 0.311 e. The van der Waals surface area contributed by atoms with Crippen molar-refractivity contribution in [3.63, 3.8) is 0 Å². The van der Waals surface area contributed by atoms with Crippen molar-refractivity contribution >= 4 is 23.3 Å². The molecule has 1 aromatic heterocycles. The summed E-state index contributed by atoms with van der Waals surface area (Å²) >= 11 is 6.24. The summed E-state index contributed by atoms with van der Waals surface area (Å²) in [6.45, 7) is 5.93. The number of aromatic amines is 1. The topological polar surface area (TPSA) is 94.1 Å². The number of rotatable bonds is 6. The Labute approximate surface area is 157 Å². The third-order valence-corrected chi connectivity index (χ3v) is 5.16. The second kappa shape index (κ2) is 8.05. The van der Waals surface area contributed by atoms with Crippen LogP contribution in [0.5, 0.6) is 0 Å². The van der Waals surface area contributed by atoms with Crippen LogP contribution in [0.15, 0.2) is 18.2 Å². The summed E-state index contributed by atoms with van der Waals surface area (Å²) in [5, 5.41) is 20.0. The van der Waals surface area contributed by atoms with E-state index < -0.39 is 5.97 Å². The number of aliphatic carboxylic acids is 1. The van der Waals surface area contributed by atoms with Crippen molar-refractivity contribution in [3.8, 4) is 0 Å². The van der Waals surface area contributed by atoms with Gasteiger partial charge in [0.05, 0.1) is 6.04 Å². The number of carbonyl (C=O) groups is 1. The average Bonchev–Trinajstić information content (AvgIpc) is 3.06. The van der Waals surface area contributed by atoms with Gasteiger partial charge in [-0.3, -0.25) is 9.89 Å². The molecular formula is C18H24ClN5O2. The normalized spacial score (nSPS) is 16.7. The Kier molecular flexibility index (Phi) is 5.78. The summed E-state index contributed by atoms with van der Waals surface area (Å²) in [5.41, 5.74) is 2.26. The Morgan fingerprint density at radius 1 is 1.46 bits per heavy atom. The number of hydrogen-bond donors (Lipinski definition) is 3. The van der Waals surface area contributed by atoms with E-state index in [0.29, 0.717) is 17.7 Å². The fourth-order valence-electron chi connectivity index (χ4n) is 3.24. The van der Waals surface area contributed by atoms with E-state index in [1.54, 1.807) is 0 Å². The molecule has 0 spiro atoms. The Bertz CT molecular complexity index is 771. The van der Waals surface area contributed by atoms with Gasteiger partial charge in [0, 0.05) is 29.8 Å². The summed E-state index contributed by atoms with van der Waals surface area (Å²) in [4.78, 5) is 17.4. The number of halogens is 1. The predicted molar refractivity (Wildman–Crippen MR) is 101 cm³/mol. The third-order valence-electron chi connectivity index (χ3n) is 4.76. The summed E-state index contributed by atoms with van der Waals surface area (Å²) in [6, 6.07) is 6.56. The first-order valence-corrected chi connectivity index (χ1v) is 9.20. The molecule has 140 valence electrons. The lowest BCUT2D eigenvalue weighted by Crippen LogP contribution is -2.43. The molecule has 0 saturated carbocycles. The molecule has 1 atom stereocenters. The number of carboxylic acids is 1. The first-order chi connectivity index (χ1) is 12.4. The van der Waals surface area contributed by atoms with Crippen molar-refractivity contribution in [2.75, 3.05) is 18.0 Å². The van der Waals surface area contributed by atoms with E-state index in [1.165, 1.54) is 5.69 Å². The van der Waals surface area contributed by atoms with Gasteiger partial charge < -0.3 is 15.3 Å². The molecule has 0 amide bonds. The summed E-state index contributed by atoms with van der Waals surface area (Å²) in [7, 11) is 0. The Morgan fingerprint density at radius 3 is 2.85 bits per heavy atom. The maximum absolute atomic E-state index is 10.7. The predicted octanol–water partition coefficient (Wildman–Crippen LogP) is 2.71. The van der Waals surface area contributed by atoms with Crippen molar-refractivity contribution in [3.05, 3.63) is 40.4 Å². The Hall–Kier alpha value is -2.12. The van der Waals surface area contributed by atoms with Gasteiger partial charge in [0.15, 0.2) is 5.82 Å². The number of carboxylic acid groups (broad SMARTS) is 1. The molecule has 0 radical (unpaired) electrons. The van der Waals surface area contributed by atoms with Crippen molar-refractivity contribution in [2.45, 2.75) is 45.2 Å². The van der Waals surface area contributed by atoms with E-state index in [4.69, 9.17) is 16.7 Å². The highest BCUT2D eigenvalue weighted by Gasteiger charge is 2.23. The molecule has 7 nitrogen and oxygen atoms in total. The Balaban J connectivity index is 1.52. The maximum atomic E-state index is 10.7. The molecule has 1 aliphatic heterocycles. The molecule has 2 heterocycles. The quantitative estimate of drug-likeness (QED) is 0.716. The number of nitrogens with zero attached hydrogens (tertiary/aromatic N) is 3. The van der Waals surface area contributed by atoms with Gasteiger partial charge in [0.2, 0.25) is 0 Å². The van der Waals surface area contributed by atoms with Crippen LogP contribution in [0.2, 0.25) is 5.02 Å². The van der Waals surface area contributed by atoms with Crippen molar-refractivity contribution < 1.29 is 9.90 Å². The summed E-state index contributed by atoms with van der Waals surface area (Å²) < 4.78 is 0. The van der Waals surface area contributed by atoms with Crippen LogP contribution in [0.3, 0.4) is 0 Å². The molecule has 2 aromatic rings. The summed E-state index contributed by atoms with van der Waals surface area (Å²) in [5.74, 6) is 0.0677. The number of aromatic nitrogens is 3. The minimum absolute atomic E-state index is 0.0286. The molecule has 3 rings (SSSR count). The second-order valence-corrected chi connectivity index (χ2v) is 7.20. The van der Waals surface area contributed by atoms with E-state index in [1.807, 2.05) is 19.9 Å². The van der Waals surface area contributed by atoms with E-state index in [9.17, 15) is 4.79 Å². The first kappa shape index (κ1) is 18.7. The van der Waals surface area contributed by atoms with Crippen LogP contribution in [0.25, 0.3) is 0 Å². The van der Waals surface area contributed by atoms with Crippen molar-refractivity contribution in [1.29, 1.82) is 0 Å². The smallest absolute Gasteiger partial charge is 0.311 e. The van der Waals surface area contributed by atoms with Crippen LogP contribution in [-0.2, 0) is 11.2 Å². The third kappa shape index (κ3) is 4.53. The van der Waals surface area contributed by atoms with Crippen LogP contribution in [0.4, 0.5) is 5.69 Å². The van der Waals surface area contributed by atoms with Gasteiger partial charge in [-0.15, -0.1) is 0 Å². The molecule has 1 unspecified atom stereocenters. The number of anilines is 1. The molecule has 3 N–H and O–H groups in total. The van der Waals surface area contributed by atoms with Gasteiger partial charge in [-0.2, -0.15) is 5.10 Å². The molecule has 0 aliphatic carbocycles. The molecule has 26 heavy (non-hydrogen) atoms. The molecular weight excluding hydrogens is 354 g/mol. The fraction of sp³-hybridized carbons (Fsp3) is 0.500. The average molecular weight is 378 g/mol. The highest BCUT2D eigenvalue weighted by Crippen LogP contribution is 2.26. The first-order valence-electron chi connectivity index (χ1n) is 8.82. The molecule has 1 saturated heterocycles. The van der Waals surface area contributed by atoms with Gasteiger partial charge in [0.1, 0.15) is 12.2 Å². The Morgan fingerprint density at radius 2 is 2.19 bits per heavy atom. The lowest BCUT2D eigenvalue weighted by atomic mass is 10.0. The minimum Gasteiger partial charge on any atom is -0.481 e. The van der Waals surface area contributed by atoms with Gasteiger partial charge in [-0.1, -0.05) is 17.7 Å². The SMILES string of the molecule is Cc1ccc(N2CCC(NC(C)c3n[nH]c(CC(=O)O)n3)CC2)cc1Cl. The molecule has 8 heteroatoms. The zero-order valence-corrected chi connectivity index (χ0v) is 15.8. The standard InChI is InChI=1S/C18H24ClN5O2/c1-11-3-4-14(9-15(11)19)24-7-5-13(6-8-24)20-12(2)18-21-16(22-23-18)10-17(25)26/h3-4,9,12-13,20H,5-8,10H2,1-2H3,(H,25,26)(H,21,22,23). The van der Waals surface area contributed by atoms with Gasteiger partial charge in [-0.05, 0) is 44.4 Å². The highest BCUT2D eigenvalue weighted by atomic mass is 35.5. The lowest BCUT2D eigenvalue weighted by molar-refractivity contribution is -0.136. The van der Waals surface area contributed by atoms with Gasteiger partial charge >= 0.3 is 5.97 Å². The van der Waals surface area contributed by atoms with Crippen molar-refractivity contribution in [1.82, 2.24) is 20.5 Å².